The number of hydrogen-bond donors (Lipinski definition) is 1. The highest BCUT2D eigenvalue weighted by molar-refractivity contribution is 7.10. The second-order valence-electron chi connectivity index (χ2n) is 4.06. The molecule has 1 aromatic heterocycles. The Morgan fingerprint density at radius 3 is 2.20 bits per heavy atom. The molecule has 0 aliphatic rings. The summed E-state index contributed by atoms with van der Waals surface area (Å²) in [6.45, 7) is 1.95. The predicted octanol–water partition coefficient (Wildman–Crippen LogP) is 4.43. The zero-order valence-electron chi connectivity index (χ0n) is 10.5. The molecule has 2 nitrogen and oxygen atoms in total. The smallest absolute Gasteiger partial charge is 0.406 e. The van der Waals surface area contributed by atoms with Crippen LogP contribution in [0.25, 0.3) is 0 Å². The van der Waals surface area contributed by atoms with Gasteiger partial charge in [-0.05, 0) is 41.6 Å². The monoisotopic (exact) mass is 323 g/mol. The molecule has 2 aromatic rings. The van der Waals surface area contributed by atoms with Crippen LogP contribution < -0.4 is 10.5 Å². The second-order valence-corrected chi connectivity index (χ2v) is 5.01. The molecule has 0 radical (unpaired) electrons. The molecule has 0 saturated carbocycles. The lowest BCUT2D eigenvalue weighted by molar-refractivity contribution is -0.274. The lowest BCUT2D eigenvalue weighted by Crippen LogP contribution is -2.17. The van der Waals surface area contributed by atoms with Crippen LogP contribution in [0.15, 0.2) is 35.7 Å². The normalized spacial score (nSPS) is 12.7. The minimum absolute atomic E-state index is 0. The first-order chi connectivity index (χ1) is 8.87. The van der Waals surface area contributed by atoms with E-state index in [1.165, 1.54) is 23.5 Å². The van der Waals surface area contributed by atoms with Crippen molar-refractivity contribution in [2.45, 2.75) is 19.3 Å². The molecule has 7 heteroatoms. The van der Waals surface area contributed by atoms with Gasteiger partial charge in [-0.15, -0.1) is 36.9 Å². The van der Waals surface area contributed by atoms with Gasteiger partial charge in [0.15, 0.2) is 0 Å². The van der Waals surface area contributed by atoms with Gasteiger partial charge in [0.05, 0.1) is 6.04 Å². The van der Waals surface area contributed by atoms with E-state index in [-0.39, 0.29) is 24.2 Å². The second kappa shape index (κ2) is 6.47. The minimum atomic E-state index is -4.67. The Kier molecular flexibility index (Phi) is 5.44. The Morgan fingerprint density at radius 1 is 1.15 bits per heavy atom. The quantitative estimate of drug-likeness (QED) is 0.907. The summed E-state index contributed by atoms with van der Waals surface area (Å²) < 4.78 is 39.9. The number of nitrogens with two attached hydrogens (primary N) is 1. The van der Waals surface area contributed by atoms with Crippen LogP contribution >= 0.6 is 23.7 Å². The van der Waals surface area contributed by atoms with E-state index in [2.05, 4.69) is 4.74 Å². The highest BCUT2D eigenvalue weighted by Gasteiger charge is 2.31. The van der Waals surface area contributed by atoms with Crippen molar-refractivity contribution in [2.24, 2.45) is 5.73 Å². The maximum atomic E-state index is 12.0. The summed E-state index contributed by atoms with van der Waals surface area (Å²) in [4.78, 5) is 1.00. The summed E-state index contributed by atoms with van der Waals surface area (Å²) in [5.41, 5.74) is 7.91. The number of hydrogen-bond acceptors (Lipinski definition) is 3. The fourth-order valence-electron chi connectivity index (χ4n) is 1.73. The number of thiophene rings is 1. The highest BCUT2D eigenvalue weighted by Crippen LogP contribution is 2.29. The van der Waals surface area contributed by atoms with Crippen LogP contribution in [-0.2, 0) is 0 Å². The molecule has 1 heterocycles. The van der Waals surface area contributed by atoms with Crippen molar-refractivity contribution in [3.8, 4) is 5.75 Å². The van der Waals surface area contributed by atoms with Gasteiger partial charge in [0.25, 0.3) is 0 Å². The molecule has 1 atom stereocenters. The van der Waals surface area contributed by atoms with Gasteiger partial charge in [0.2, 0.25) is 0 Å². The molecule has 0 unspecified atom stereocenters. The van der Waals surface area contributed by atoms with E-state index in [9.17, 15) is 13.2 Å². The summed E-state index contributed by atoms with van der Waals surface area (Å²) in [5.74, 6) is -0.244. The van der Waals surface area contributed by atoms with Gasteiger partial charge in [-0.1, -0.05) is 12.1 Å². The van der Waals surface area contributed by atoms with Crippen molar-refractivity contribution < 1.29 is 17.9 Å². The Bertz CT molecular complexity index is 553. The third-order valence-electron chi connectivity index (χ3n) is 2.66. The summed E-state index contributed by atoms with van der Waals surface area (Å²) in [5, 5.41) is 1.94. The summed E-state index contributed by atoms with van der Waals surface area (Å²) in [6, 6.07) is 7.26. The lowest BCUT2D eigenvalue weighted by Gasteiger charge is -2.13. The van der Waals surface area contributed by atoms with E-state index in [1.54, 1.807) is 12.1 Å². The van der Waals surface area contributed by atoms with Crippen molar-refractivity contribution >= 4 is 23.7 Å². The molecule has 0 aliphatic heterocycles. The topological polar surface area (TPSA) is 35.2 Å². The van der Waals surface area contributed by atoms with Gasteiger partial charge in [-0.25, -0.2) is 0 Å². The molecule has 2 rings (SSSR count). The summed E-state index contributed by atoms with van der Waals surface area (Å²) in [7, 11) is 0. The number of aryl methyl sites for hydroxylation is 1. The number of halogens is 4. The van der Waals surface area contributed by atoms with Crippen LogP contribution in [0.1, 0.15) is 22.0 Å². The van der Waals surface area contributed by atoms with E-state index in [4.69, 9.17) is 5.73 Å². The Balaban J connectivity index is 0.00000200. The molecule has 110 valence electrons. The average molecular weight is 324 g/mol. The molecular weight excluding hydrogens is 311 g/mol. The first-order valence-corrected chi connectivity index (χ1v) is 6.40. The zero-order valence-corrected chi connectivity index (χ0v) is 12.1. The van der Waals surface area contributed by atoms with E-state index in [0.717, 1.165) is 16.0 Å². The average Bonchev–Trinajstić information content (AvgIpc) is 2.73. The number of rotatable bonds is 3. The molecule has 0 saturated heterocycles. The van der Waals surface area contributed by atoms with Crippen molar-refractivity contribution in [1.82, 2.24) is 0 Å². The van der Waals surface area contributed by atoms with Crippen LogP contribution in [0.2, 0.25) is 0 Å². The van der Waals surface area contributed by atoms with Gasteiger partial charge in [-0.2, -0.15) is 0 Å². The van der Waals surface area contributed by atoms with E-state index in [1.807, 2.05) is 18.4 Å². The van der Waals surface area contributed by atoms with Gasteiger partial charge >= 0.3 is 6.36 Å². The van der Waals surface area contributed by atoms with Gasteiger partial charge in [-0.3, -0.25) is 0 Å². The fourth-order valence-corrected chi connectivity index (χ4v) is 2.69. The fraction of sp³-hybridized carbons (Fsp3) is 0.231. The van der Waals surface area contributed by atoms with Crippen LogP contribution in [0.4, 0.5) is 13.2 Å². The largest absolute Gasteiger partial charge is 0.573 e. The van der Waals surface area contributed by atoms with Crippen molar-refractivity contribution in [3.05, 3.63) is 51.7 Å². The lowest BCUT2D eigenvalue weighted by atomic mass is 10.0. The van der Waals surface area contributed by atoms with E-state index < -0.39 is 6.36 Å². The van der Waals surface area contributed by atoms with E-state index in [0.29, 0.717) is 0 Å². The molecule has 0 aliphatic carbocycles. The predicted molar refractivity (Wildman–Crippen MR) is 75.5 cm³/mol. The third kappa shape index (κ3) is 4.13. The van der Waals surface area contributed by atoms with E-state index >= 15 is 0 Å². The molecular formula is C13H13ClF3NOS. The van der Waals surface area contributed by atoms with Crippen LogP contribution in [0.3, 0.4) is 0 Å². The Hall–Kier alpha value is -1.24. The standard InChI is InChI=1S/C13H12F3NOS.ClH/c1-8-6-7-19-12(8)11(17)9-2-4-10(5-3-9)18-13(14,15)16;/h2-7,11H,17H2,1H3;1H/t11-;/m1./s1. The molecule has 2 N–H and O–H groups in total. The van der Waals surface area contributed by atoms with Crippen LogP contribution in [-0.4, -0.2) is 6.36 Å². The Labute approximate surface area is 124 Å². The zero-order chi connectivity index (χ0) is 14.0. The van der Waals surface area contributed by atoms with Crippen molar-refractivity contribution in [1.29, 1.82) is 0 Å². The van der Waals surface area contributed by atoms with Crippen LogP contribution in [0, 0.1) is 6.92 Å². The maximum absolute atomic E-state index is 12.0. The Morgan fingerprint density at radius 2 is 1.75 bits per heavy atom. The SMILES string of the molecule is Cc1ccsc1[C@H](N)c1ccc(OC(F)(F)F)cc1.Cl. The van der Waals surface area contributed by atoms with Gasteiger partial charge in [0, 0.05) is 4.88 Å². The summed E-state index contributed by atoms with van der Waals surface area (Å²) in [6.07, 6.45) is -4.67. The molecule has 0 spiro atoms. The number of alkyl halides is 3. The van der Waals surface area contributed by atoms with Crippen molar-refractivity contribution in [3.63, 3.8) is 0 Å². The van der Waals surface area contributed by atoms with Crippen molar-refractivity contribution in [2.75, 3.05) is 0 Å². The number of benzene rings is 1. The molecule has 0 amide bonds. The maximum Gasteiger partial charge on any atom is 0.573 e. The number of ether oxygens (including phenoxy) is 1. The highest BCUT2D eigenvalue weighted by atomic mass is 35.5. The van der Waals surface area contributed by atoms with Gasteiger partial charge < -0.3 is 10.5 Å². The van der Waals surface area contributed by atoms with Crippen LogP contribution in [0.5, 0.6) is 5.75 Å². The minimum Gasteiger partial charge on any atom is -0.406 e. The first kappa shape index (κ1) is 16.8. The third-order valence-corrected chi connectivity index (χ3v) is 3.76. The summed E-state index contributed by atoms with van der Waals surface area (Å²) >= 11 is 1.53. The molecule has 0 bridgehead atoms. The van der Waals surface area contributed by atoms with Gasteiger partial charge in [0.1, 0.15) is 5.75 Å². The first-order valence-electron chi connectivity index (χ1n) is 5.52. The molecule has 1 aromatic carbocycles. The molecule has 0 fully saturated rings. The molecule has 20 heavy (non-hydrogen) atoms.